The fourth-order valence-electron chi connectivity index (χ4n) is 3.07. The van der Waals surface area contributed by atoms with Crippen LogP contribution in [0.25, 0.3) is 0 Å². The van der Waals surface area contributed by atoms with Crippen molar-refractivity contribution in [2.45, 2.75) is 36.6 Å². The van der Waals surface area contributed by atoms with E-state index in [2.05, 4.69) is 67.0 Å². The zero-order valence-electron chi connectivity index (χ0n) is 12.1. The molecule has 1 N–H and O–H groups in total. The first-order valence-corrected chi connectivity index (χ1v) is 8.50. The molecule has 1 aliphatic carbocycles. The zero-order chi connectivity index (χ0) is 13.9. The smallest absolute Gasteiger partial charge is 0.0516 e. The van der Waals surface area contributed by atoms with E-state index in [1.807, 2.05) is 0 Å². The monoisotopic (exact) mass is 283 g/mol. The van der Waals surface area contributed by atoms with Gasteiger partial charge in [0, 0.05) is 10.6 Å². The summed E-state index contributed by atoms with van der Waals surface area (Å²) < 4.78 is 0. The van der Waals surface area contributed by atoms with Crippen LogP contribution in [0.5, 0.6) is 0 Å². The van der Waals surface area contributed by atoms with Gasteiger partial charge in [0.2, 0.25) is 0 Å². The third-order valence-corrected chi connectivity index (χ3v) is 4.93. The number of nitrogens with one attached hydrogen (secondary N) is 1. The molecule has 0 amide bonds. The molecule has 104 valence electrons. The molecule has 0 fully saturated rings. The molecule has 0 saturated heterocycles. The van der Waals surface area contributed by atoms with Crippen LogP contribution in [0, 0.1) is 0 Å². The predicted octanol–water partition coefficient (Wildman–Crippen LogP) is 5.46. The highest BCUT2D eigenvalue weighted by Crippen LogP contribution is 2.38. The first kappa shape index (κ1) is 13.6. The minimum absolute atomic E-state index is 0.444. The number of benzene rings is 2. The molecule has 0 aliphatic heterocycles. The third-order valence-electron chi connectivity index (χ3n) is 4.20. The van der Waals surface area contributed by atoms with Crippen molar-refractivity contribution >= 4 is 17.4 Å². The molecule has 2 heteroatoms. The van der Waals surface area contributed by atoms with Crippen LogP contribution in [-0.4, -0.2) is 6.26 Å². The molecule has 0 radical (unpaired) electrons. The highest BCUT2D eigenvalue weighted by molar-refractivity contribution is 7.98. The second-order valence-electron chi connectivity index (χ2n) is 5.54. The van der Waals surface area contributed by atoms with Gasteiger partial charge in [-0.25, -0.2) is 0 Å². The summed E-state index contributed by atoms with van der Waals surface area (Å²) in [4.78, 5) is 1.31. The molecule has 2 atom stereocenters. The molecule has 0 aromatic heterocycles. The highest BCUT2D eigenvalue weighted by atomic mass is 32.2. The quantitative estimate of drug-likeness (QED) is 0.751. The maximum atomic E-state index is 3.72. The van der Waals surface area contributed by atoms with Gasteiger partial charge in [0.1, 0.15) is 0 Å². The minimum Gasteiger partial charge on any atom is -0.378 e. The van der Waals surface area contributed by atoms with E-state index in [9.17, 15) is 0 Å². The van der Waals surface area contributed by atoms with Gasteiger partial charge in [0.25, 0.3) is 0 Å². The SMILES string of the molecule is CSc1cccc(NC2CCC(C)c3ccccc32)c1. The maximum absolute atomic E-state index is 3.72. The molecule has 1 aliphatic rings. The molecule has 2 unspecified atom stereocenters. The van der Waals surface area contributed by atoms with Gasteiger partial charge in [-0.05, 0) is 54.3 Å². The zero-order valence-corrected chi connectivity index (χ0v) is 12.9. The Kier molecular flexibility index (Phi) is 4.02. The normalized spacial score (nSPS) is 21.3. The Balaban J connectivity index is 1.86. The number of fused-ring (bicyclic) bond motifs is 1. The summed E-state index contributed by atoms with van der Waals surface area (Å²) in [5.74, 6) is 0.682. The van der Waals surface area contributed by atoms with Crippen molar-refractivity contribution in [3.05, 3.63) is 59.7 Å². The van der Waals surface area contributed by atoms with Gasteiger partial charge in [-0.2, -0.15) is 0 Å². The number of rotatable bonds is 3. The molecule has 20 heavy (non-hydrogen) atoms. The van der Waals surface area contributed by atoms with Crippen LogP contribution in [0.15, 0.2) is 53.4 Å². The molecule has 1 nitrogen and oxygen atoms in total. The van der Waals surface area contributed by atoms with Crippen LogP contribution in [-0.2, 0) is 0 Å². The summed E-state index contributed by atoms with van der Waals surface area (Å²) in [6.07, 6.45) is 4.59. The molecule has 0 spiro atoms. The molecular formula is C18H21NS. The standard InChI is InChI=1S/C18H21NS/c1-13-10-11-18(17-9-4-3-8-16(13)17)19-14-6-5-7-15(12-14)20-2/h3-9,12-13,18-19H,10-11H2,1-2H3. The van der Waals surface area contributed by atoms with Crippen LogP contribution in [0.1, 0.15) is 42.9 Å². The molecule has 0 heterocycles. The van der Waals surface area contributed by atoms with Gasteiger partial charge in [-0.1, -0.05) is 37.3 Å². The molecule has 3 rings (SSSR count). The van der Waals surface area contributed by atoms with Gasteiger partial charge < -0.3 is 5.32 Å². The van der Waals surface area contributed by atoms with E-state index >= 15 is 0 Å². The molecule has 0 bridgehead atoms. The molecular weight excluding hydrogens is 262 g/mol. The van der Waals surface area contributed by atoms with E-state index < -0.39 is 0 Å². The lowest BCUT2D eigenvalue weighted by Gasteiger charge is -2.31. The van der Waals surface area contributed by atoms with Crippen molar-refractivity contribution in [1.82, 2.24) is 0 Å². The van der Waals surface area contributed by atoms with Crippen molar-refractivity contribution in [3.8, 4) is 0 Å². The van der Waals surface area contributed by atoms with Crippen LogP contribution in [0.4, 0.5) is 5.69 Å². The first-order chi connectivity index (χ1) is 9.78. The Morgan fingerprint density at radius 3 is 2.60 bits per heavy atom. The van der Waals surface area contributed by atoms with E-state index in [-0.39, 0.29) is 0 Å². The largest absolute Gasteiger partial charge is 0.378 e. The molecule has 2 aromatic carbocycles. The minimum atomic E-state index is 0.444. The van der Waals surface area contributed by atoms with E-state index in [1.165, 1.54) is 34.6 Å². The van der Waals surface area contributed by atoms with Gasteiger partial charge >= 0.3 is 0 Å². The van der Waals surface area contributed by atoms with E-state index in [0.717, 1.165) is 0 Å². The third kappa shape index (κ3) is 2.71. The molecule has 0 saturated carbocycles. The lowest BCUT2D eigenvalue weighted by molar-refractivity contribution is 0.534. The van der Waals surface area contributed by atoms with Gasteiger partial charge in [-0.15, -0.1) is 11.8 Å². The van der Waals surface area contributed by atoms with E-state index in [4.69, 9.17) is 0 Å². The second-order valence-corrected chi connectivity index (χ2v) is 6.42. The van der Waals surface area contributed by atoms with Gasteiger partial charge in [0.15, 0.2) is 0 Å². The lowest BCUT2D eigenvalue weighted by Crippen LogP contribution is -2.19. The summed E-state index contributed by atoms with van der Waals surface area (Å²) in [6.45, 7) is 2.34. The van der Waals surface area contributed by atoms with Crippen LogP contribution >= 0.6 is 11.8 Å². The lowest BCUT2D eigenvalue weighted by atomic mass is 9.81. The summed E-state index contributed by atoms with van der Waals surface area (Å²) in [7, 11) is 0. The fraction of sp³-hybridized carbons (Fsp3) is 0.333. The number of hydrogen-bond donors (Lipinski definition) is 1. The van der Waals surface area contributed by atoms with Crippen LogP contribution in [0.3, 0.4) is 0 Å². The van der Waals surface area contributed by atoms with Crippen molar-refractivity contribution in [1.29, 1.82) is 0 Å². The Hall–Kier alpha value is -1.41. The highest BCUT2D eigenvalue weighted by Gasteiger charge is 2.24. The summed E-state index contributed by atoms with van der Waals surface area (Å²) in [5, 5.41) is 3.72. The van der Waals surface area contributed by atoms with Crippen LogP contribution < -0.4 is 5.32 Å². The second kappa shape index (κ2) is 5.92. The van der Waals surface area contributed by atoms with Gasteiger partial charge in [-0.3, -0.25) is 0 Å². The maximum Gasteiger partial charge on any atom is 0.0516 e. The first-order valence-electron chi connectivity index (χ1n) is 7.27. The van der Waals surface area contributed by atoms with E-state index in [1.54, 1.807) is 11.8 Å². The summed E-state index contributed by atoms with van der Waals surface area (Å²) in [5.41, 5.74) is 4.21. The van der Waals surface area contributed by atoms with Crippen molar-refractivity contribution in [2.75, 3.05) is 11.6 Å². The average Bonchev–Trinajstić information content (AvgIpc) is 2.51. The predicted molar refractivity (Wildman–Crippen MR) is 88.7 cm³/mol. The summed E-state index contributed by atoms with van der Waals surface area (Å²) >= 11 is 1.79. The Bertz CT molecular complexity index is 593. The van der Waals surface area contributed by atoms with Gasteiger partial charge in [0.05, 0.1) is 6.04 Å². The topological polar surface area (TPSA) is 12.0 Å². The Morgan fingerprint density at radius 1 is 1.00 bits per heavy atom. The summed E-state index contributed by atoms with van der Waals surface area (Å²) in [6, 6.07) is 18.0. The number of thioether (sulfide) groups is 1. The Morgan fingerprint density at radius 2 is 1.80 bits per heavy atom. The van der Waals surface area contributed by atoms with Crippen molar-refractivity contribution < 1.29 is 0 Å². The fourth-order valence-corrected chi connectivity index (χ4v) is 3.53. The Labute approximate surface area is 125 Å². The number of anilines is 1. The van der Waals surface area contributed by atoms with Crippen molar-refractivity contribution in [3.63, 3.8) is 0 Å². The van der Waals surface area contributed by atoms with Crippen molar-refractivity contribution in [2.24, 2.45) is 0 Å². The molecule has 2 aromatic rings. The van der Waals surface area contributed by atoms with E-state index in [0.29, 0.717) is 12.0 Å². The van der Waals surface area contributed by atoms with Crippen LogP contribution in [0.2, 0.25) is 0 Å². The number of hydrogen-bond acceptors (Lipinski definition) is 2. The average molecular weight is 283 g/mol.